The normalized spacial score (nSPS) is 26.9. The van der Waals surface area contributed by atoms with Gasteiger partial charge in [-0.3, -0.25) is 4.90 Å². The molecule has 0 radical (unpaired) electrons. The van der Waals surface area contributed by atoms with Crippen molar-refractivity contribution in [3.8, 4) is 0 Å². The van der Waals surface area contributed by atoms with Gasteiger partial charge in [0.1, 0.15) is 6.33 Å². The molecule has 0 aromatic carbocycles. The lowest BCUT2D eigenvalue weighted by atomic mass is 9.91. The highest BCUT2D eigenvalue weighted by molar-refractivity contribution is 5.04. The molecule has 2 fully saturated rings. The summed E-state index contributed by atoms with van der Waals surface area (Å²) in [6.07, 6.45) is 10.1. The van der Waals surface area contributed by atoms with E-state index in [1.54, 1.807) is 6.33 Å². The van der Waals surface area contributed by atoms with Crippen LogP contribution >= 0.6 is 0 Å². The number of nitrogens with zero attached hydrogens (tertiary/aromatic N) is 3. The molecule has 1 aromatic heterocycles. The molecular weight excluding hydrogens is 236 g/mol. The van der Waals surface area contributed by atoms with E-state index in [-0.39, 0.29) is 0 Å². The van der Waals surface area contributed by atoms with Crippen molar-refractivity contribution in [2.24, 2.45) is 0 Å². The summed E-state index contributed by atoms with van der Waals surface area (Å²) in [5.74, 6) is 0. The Hall–Kier alpha value is -1.00. The third-order valence-electron chi connectivity index (χ3n) is 4.78. The van der Waals surface area contributed by atoms with E-state index in [9.17, 15) is 0 Å². The minimum atomic E-state index is 0.388. The minimum absolute atomic E-state index is 0.388. The van der Waals surface area contributed by atoms with E-state index in [2.05, 4.69) is 27.1 Å². The predicted molar refractivity (Wildman–Crippen MR) is 75.7 cm³/mol. The lowest BCUT2D eigenvalue weighted by Gasteiger charge is -2.46. The first-order chi connectivity index (χ1) is 9.31. The Morgan fingerprint density at radius 2 is 2.26 bits per heavy atom. The van der Waals surface area contributed by atoms with Crippen molar-refractivity contribution in [1.29, 1.82) is 0 Å². The largest absolute Gasteiger partial charge is 0.308 e. The van der Waals surface area contributed by atoms with Crippen molar-refractivity contribution < 1.29 is 0 Å². The number of hydrogen-bond donors (Lipinski definition) is 1. The quantitative estimate of drug-likeness (QED) is 0.902. The van der Waals surface area contributed by atoms with E-state index >= 15 is 0 Å². The summed E-state index contributed by atoms with van der Waals surface area (Å²) in [6, 6.07) is 2.68. The number of piperazine rings is 1. The molecule has 1 N–H and O–H groups in total. The Morgan fingerprint density at radius 3 is 2.95 bits per heavy atom. The molecule has 3 rings (SSSR count). The standard InChI is InChI=1S/C15H24N4/c1-2-14-9-18-15(6-3-4-7-15)11-19(14)10-13-5-8-16-12-17-13/h5,8,12,14,18H,2-4,6-7,9-11H2,1H3. The molecule has 0 amide bonds. The van der Waals surface area contributed by atoms with Gasteiger partial charge in [-0.1, -0.05) is 19.8 Å². The van der Waals surface area contributed by atoms with Gasteiger partial charge in [0.25, 0.3) is 0 Å². The second-order valence-electron chi connectivity index (χ2n) is 6.04. The van der Waals surface area contributed by atoms with Crippen molar-refractivity contribution in [2.45, 2.75) is 57.2 Å². The van der Waals surface area contributed by atoms with Gasteiger partial charge >= 0.3 is 0 Å². The number of nitrogens with one attached hydrogen (secondary N) is 1. The smallest absolute Gasteiger partial charge is 0.115 e. The van der Waals surface area contributed by atoms with Crippen LogP contribution in [0.25, 0.3) is 0 Å². The van der Waals surface area contributed by atoms with Crippen molar-refractivity contribution in [3.05, 3.63) is 24.3 Å². The van der Waals surface area contributed by atoms with Crippen molar-refractivity contribution in [1.82, 2.24) is 20.2 Å². The zero-order valence-corrected chi connectivity index (χ0v) is 11.8. The second-order valence-corrected chi connectivity index (χ2v) is 6.04. The minimum Gasteiger partial charge on any atom is -0.308 e. The third kappa shape index (κ3) is 2.79. The molecule has 1 aliphatic heterocycles. The molecule has 1 saturated carbocycles. The van der Waals surface area contributed by atoms with Crippen LogP contribution in [0.5, 0.6) is 0 Å². The molecule has 1 aromatic rings. The first-order valence-corrected chi connectivity index (χ1v) is 7.55. The average Bonchev–Trinajstić information content (AvgIpc) is 2.88. The molecule has 4 heteroatoms. The Balaban J connectivity index is 1.72. The van der Waals surface area contributed by atoms with Crippen molar-refractivity contribution >= 4 is 0 Å². The van der Waals surface area contributed by atoms with Crippen LogP contribution < -0.4 is 5.32 Å². The van der Waals surface area contributed by atoms with E-state index in [0.29, 0.717) is 11.6 Å². The second kappa shape index (κ2) is 5.55. The van der Waals surface area contributed by atoms with Crippen LogP contribution in [-0.2, 0) is 6.54 Å². The van der Waals surface area contributed by atoms with Crippen molar-refractivity contribution in [2.75, 3.05) is 13.1 Å². The van der Waals surface area contributed by atoms with Gasteiger partial charge < -0.3 is 5.32 Å². The third-order valence-corrected chi connectivity index (χ3v) is 4.78. The van der Waals surface area contributed by atoms with Crippen LogP contribution in [0, 0.1) is 0 Å². The Bertz CT molecular complexity index is 400. The van der Waals surface area contributed by atoms with Gasteiger partial charge in [-0.2, -0.15) is 0 Å². The monoisotopic (exact) mass is 260 g/mol. The molecular formula is C15H24N4. The fraction of sp³-hybridized carbons (Fsp3) is 0.733. The first-order valence-electron chi connectivity index (χ1n) is 7.55. The molecule has 104 valence electrons. The maximum absolute atomic E-state index is 4.38. The number of rotatable bonds is 3. The van der Waals surface area contributed by atoms with Gasteiger partial charge in [0.2, 0.25) is 0 Å². The maximum Gasteiger partial charge on any atom is 0.115 e. The summed E-state index contributed by atoms with van der Waals surface area (Å²) in [7, 11) is 0. The van der Waals surface area contributed by atoms with Crippen LogP contribution in [0.15, 0.2) is 18.6 Å². The Labute approximate surface area is 115 Å². The average molecular weight is 260 g/mol. The molecule has 0 bridgehead atoms. The molecule has 2 aliphatic rings. The zero-order valence-electron chi connectivity index (χ0n) is 11.8. The van der Waals surface area contributed by atoms with Crippen LogP contribution in [0.4, 0.5) is 0 Å². The van der Waals surface area contributed by atoms with Gasteiger partial charge in [-0.05, 0) is 25.3 Å². The molecule has 1 spiro atoms. The lowest BCUT2D eigenvalue weighted by molar-refractivity contribution is 0.0707. The Kier molecular flexibility index (Phi) is 3.80. The summed E-state index contributed by atoms with van der Waals surface area (Å²) in [6.45, 7) is 5.55. The highest BCUT2D eigenvalue weighted by Crippen LogP contribution is 2.34. The van der Waals surface area contributed by atoms with Gasteiger partial charge in [0.05, 0.1) is 5.69 Å². The summed E-state index contributed by atoms with van der Waals surface area (Å²) in [5, 5.41) is 3.84. The highest BCUT2D eigenvalue weighted by atomic mass is 15.3. The predicted octanol–water partition coefficient (Wildman–Crippen LogP) is 1.97. The van der Waals surface area contributed by atoms with Crippen LogP contribution in [0.1, 0.15) is 44.7 Å². The van der Waals surface area contributed by atoms with Crippen molar-refractivity contribution in [3.63, 3.8) is 0 Å². The van der Waals surface area contributed by atoms with Gasteiger partial charge in [-0.15, -0.1) is 0 Å². The molecule has 1 atom stereocenters. The fourth-order valence-corrected chi connectivity index (χ4v) is 3.63. The Morgan fingerprint density at radius 1 is 1.42 bits per heavy atom. The summed E-state index contributed by atoms with van der Waals surface area (Å²) < 4.78 is 0. The topological polar surface area (TPSA) is 41.0 Å². The lowest BCUT2D eigenvalue weighted by Crippen LogP contribution is -2.62. The summed E-state index contributed by atoms with van der Waals surface area (Å²) in [4.78, 5) is 11.0. The van der Waals surface area contributed by atoms with Crippen LogP contribution in [0.2, 0.25) is 0 Å². The van der Waals surface area contributed by atoms with Gasteiger partial charge in [0, 0.05) is 37.4 Å². The molecule has 2 heterocycles. The zero-order chi connectivity index (χ0) is 13.1. The van der Waals surface area contributed by atoms with E-state index < -0.39 is 0 Å². The number of hydrogen-bond acceptors (Lipinski definition) is 4. The van der Waals surface area contributed by atoms with Gasteiger partial charge in [0.15, 0.2) is 0 Å². The van der Waals surface area contributed by atoms with Crippen LogP contribution in [-0.4, -0.2) is 39.5 Å². The molecule has 1 saturated heterocycles. The maximum atomic E-state index is 4.38. The van der Waals surface area contributed by atoms with E-state index in [1.165, 1.54) is 38.6 Å². The summed E-state index contributed by atoms with van der Waals surface area (Å²) in [5.41, 5.74) is 1.53. The number of aromatic nitrogens is 2. The molecule has 4 nitrogen and oxygen atoms in total. The van der Waals surface area contributed by atoms with Gasteiger partial charge in [-0.25, -0.2) is 9.97 Å². The molecule has 19 heavy (non-hydrogen) atoms. The highest BCUT2D eigenvalue weighted by Gasteiger charge is 2.40. The first kappa shape index (κ1) is 13.0. The van der Waals surface area contributed by atoms with Crippen LogP contribution in [0.3, 0.4) is 0 Å². The van der Waals surface area contributed by atoms with E-state index in [4.69, 9.17) is 0 Å². The molecule has 1 unspecified atom stereocenters. The summed E-state index contributed by atoms with van der Waals surface area (Å²) >= 11 is 0. The fourth-order valence-electron chi connectivity index (χ4n) is 3.63. The van der Waals surface area contributed by atoms with E-state index in [0.717, 1.165) is 18.8 Å². The molecule has 1 aliphatic carbocycles. The SMILES string of the molecule is CCC1CNC2(CCCC2)CN1Cc1ccncn1. The van der Waals surface area contributed by atoms with E-state index in [1.807, 2.05) is 12.3 Å².